The molecule has 1 aromatic carbocycles. The third-order valence-electron chi connectivity index (χ3n) is 3.65. The Bertz CT molecular complexity index is 541. The smallest absolute Gasteiger partial charge is 0.133 e. The summed E-state index contributed by atoms with van der Waals surface area (Å²) in [6, 6.07) is 10.4. The van der Waals surface area contributed by atoms with Gasteiger partial charge in [0.25, 0.3) is 0 Å². The summed E-state index contributed by atoms with van der Waals surface area (Å²) in [4.78, 5) is 9.38. The number of hydrogen-bond donors (Lipinski definition) is 1. The maximum Gasteiger partial charge on any atom is 0.133 e. The first-order valence-electron chi connectivity index (χ1n) is 7.78. The molecular weight excluding hydrogens is 258 g/mol. The summed E-state index contributed by atoms with van der Waals surface area (Å²) in [6.45, 7) is 8.45. The van der Waals surface area contributed by atoms with Crippen LogP contribution in [0.1, 0.15) is 41.7 Å². The van der Waals surface area contributed by atoms with E-state index in [4.69, 9.17) is 0 Å². The molecule has 3 nitrogen and oxygen atoms in total. The van der Waals surface area contributed by atoms with Gasteiger partial charge in [-0.2, -0.15) is 0 Å². The minimum atomic E-state index is 0.802. The second kappa shape index (κ2) is 7.89. The lowest BCUT2D eigenvalue weighted by atomic mass is 10.1. The van der Waals surface area contributed by atoms with Crippen molar-refractivity contribution in [2.45, 2.75) is 40.0 Å². The van der Waals surface area contributed by atoms with Crippen LogP contribution in [0.25, 0.3) is 0 Å². The molecule has 0 unspecified atom stereocenters. The highest BCUT2D eigenvalue weighted by molar-refractivity contribution is 5.27. The average molecular weight is 283 g/mol. The summed E-state index contributed by atoms with van der Waals surface area (Å²) >= 11 is 0. The normalized spacial score (nSPS) is 10.8. The number of nitrogens with zero attached hydrogens (tertiary/aromatic N) is 2. The van der Waals surface area contributed by atoms with Gasteiger partial charge >= 0.3 is 0 Å². The fourth-order valence-electron chi connectivity index (χ4n) is 2.54. The van der Waals surface area contributed by atoms with E-state index in [9.17, 15) is 0 Å². The van der Waals surface area contributed by atoms with Crippen molar-refractivity contribution in [1.29, 1.82) is 0 Å². The molecule has 2 aromatic rings. The van der Waals surface area contributed by atoms with Gasteiger partial charge in [-0.1, -0.05) is 37.3 Å². The highest BCUT2D eigenvalue weighted by Crippen LogP contribution is 2.13. The minimum Gasteiger partial charge on any atom is -0.316 e. The van der Waals surface area contributed by atoms with Crippen molar-refractivity contribution in [1.82, 2.24) is 15.3 Å². The Morgan fingerprint density at radius 1 is 0.952 bits per heavy atom. The van der Waals surface area contributed by atoms with Crippen molar-refractivity contribution in [3.63, 3.8) is 0 Å². The van der Waals surface area contributed by atoms with Crippen LogP contribution >= 0.6 is 0 Å². The molecular formula is C18H25N3. The van der Waals surface area contributed by atoms with Crippen LogP contribution in [-0.4, -0.2) is 23.1 Å². The fourth-order valence-corrected chi connectivity index (χ4v) is 2.54. The number of nitrogens with one attached hydrogen (secondary N) is 1. The van der Waals surface area contributed by atoms with E-state index < -0.39 is 0 Å². The Morgan fingerprint density at radius 2 is 1.62 bits per heavy atom. The van der Waals surface area contributed by atoms with Gasteiger partial charge in [0, 0.05) is 17.8 Å². The molecule has 21 heavy (non-hydrogen) atoms. The lowest BCUT2D eigenvalue weighted by Gasteiger charge is -2.11. The Hall–Kier alpha value is -1.74. The number of rotatable bonds is 7. The first-order chi connectivity index (χ1) is 10.2. The van der Waals surface area contributed by atoms with Crippen molar-refractivity contribution in [3.8, 4) is 0 Å². The van der Waals surface area contributed by atoms with Crippen molar-refractivity contribution < 1.29 is 0 Å². The van der Waals surface area contributed by atoms with E-state index in [0.717, 1.165) is 43.1 Å². The van der Waals surface area contributed by atoms with Gasteiger partial charge in [0.15, 0.2) is 0 Å². The molecule has 0 fully saturated rings. The third kappa shape index (κ3) is 4.64. The van der Waals surface area contributed by atoms with Crippen LogP contribution < -0.4 is 5.32 Å². The summed E-state index contributed by atoms with van der Waals surface area (Å²) in [7, 11) is 0. The zero-order valence-corrected chi connectivity index (χ0v) is 13.3. The molecule has 0 spiro atoms. The standard InChI is InChI=1S/C18H25N3/c1-4-11-19-12-10-17-14(2)20-18(21-15(17)3)13-16-8-6-5-7-9-16/h5-9,19H,4,10-13H2,1-3H3. The van der Waals surface area contributed by atoms with E-state index >= 15 is 0 Å². The van der Waals surface area contributed by atoms with Gasteiger partial charge in [-0.05, 0) is 50.9 Å². The zero-order chi connectivity index (χ0) is 15.1. The van der Waals surface area contributed by atoms with Crippen molar-refractivity contribution in [2.24, 2.45) is 0 Å². The van der Waals surface area contributed by atoms with E-state index in [0.29, 0.717) is 0 Å². The van der Waals surface area contributed by atoms with Crippen LogP contribution in [0.5, 0.6) is 0 Å². The third-order valence-corrected chi connectivity index (χ3v) is 3.65. The number of aromatic nitrogens is 2. The lowest BCUT2D eigenvalue weighted by Crippen LogP contribution is -2.19. The highest BCUT2D eigenvalue weighted by atomic mass is 14.9. The van der Waals surface area contributed by atoms with Gasteiger partial charge in [0.1, 0.15) is 5.82 Å². The predicted octanol–water partition coefficient (Wildman–Crippen LogP) is 3.23. The molecule has 0 aliphatic rings. The monoisotopic (exact) mass is 283 g/mol. The molecule has 0 atom stereocenters. The molecule has 3 heteroatoms. The van der Waals surface area contributed by atoms with Gasteiger partial charge in [0.2, 0.25) is 0 Å². The first kappa shape index (κ1) is 15.6. The summed E-state index contributed by atoms with van der Waals surface area (Å²) in [5.74, 6) is 0.918. The fraction of sp³-hybridized carbons (Fsp3) is 0.444. The number of hydrogen-bond acceptors (Lipinski definition) is 3. The molecule has 0 radical (unpaired) electrons. The second-order valence-corrected chi connectivity index (χ2v) is 5.45. The largest absolute Gasteiger partial charge is 0.316 e. The van der Waals surface area contributed by atoms with Crippen LogP contribution in [0, 0.1) is 13.8 Å². The Labute approximate surface area is 127 Å². The molecule has 0 aliphatic heterocycles. The SMILES string of the molecule is CCCNCCc1c(C)nc(Cc2ccccc2)nc1C. The van der Waals surface area contributed by atoms with E-state index in [1.165, 1.54) is 17.5 Å². The second-order valence-electron chi connectivity index (χ2n) is 5.45. The van der Waals surface area contributed by atoms with E-state index in [1.807, 2.05) is 6.07 Å². The Morgan fingerprint density at radius 3 is 2.24 bits per heavy atom. The molecule has 112 valence electrons. The van der Waals surface area contributed by atoms with Crippen molar-refractivity contribution in [2.75, 3.05) is 13.1 Å². The van der Waals surface area contributed by atoms with Crippen LogP contribution in [0.4, 0.5) is 0 Å². The van der Waals surface area contributed by atoms with Gasteiger partial charge in [-0.15, -0.1) is 0 Å². The quantitative estimate of drug-likeness (QED) is 0.793. The predicted molar refractivity (Wildman–Crippen MR) is 87.6 cm³/mol. The van der Waals surface area contributed by atoms with E-state index in [1.54, 1.807) is 0 Å². The van der Waals surface area contributed by atoms with Crippen LogP contribution in [-0.2, 0) is 12.8 Å². The van der Waals surface area contributed by atoms with Gasteiger partial charge in [0.05, 0.1) is 0 Å². The Kier molecular flexibility index (Phi) is 5.88. The van der Waals surface area contributed by atoms with E-state index in [2.05, 4.69) is 60.3 Å². The molecule has 0 saturated carbocycles. The van der Waals surface area contributed by atoms with Crippen LogP contribution in [0.2, 0.25) is 0 Å². The summed E-state index contributed by atoms with van der Waals surface area (Å²) in [5.41, 5.74) is 4.78. The molecule has 1 heterocycles. The van der Waals surface area contributed by atoms with Gasteiger partial charge in [-0.25, -0.2) is 9.97 Å². The molecule has 0 bridgehead atoms. The highest BCUT2D eigenvalue weighted by Gasteiger charge is 2.08. The van der Waals surface area contributed by atoms with Gasteiger partial charge < -0.3 is 5.32 Å². The summed E-state index contributed by atoms with van der Waals surface area (Å²) < 4.78 is 0. The number of aryl methyl sites for hydroxylation is 2. The van der Waals surface area contributed by atoms with Gasteiger partial charge in [-0.3, -0.25) is 0 Å². The molecule has 0 amide bonds. The topological polar surface area (TPSA) is 37.8 Å². The Balaban J connectivity index is 2.06. The first-order valence-corrected chi connectivity index (χ1v) is 7.78. The maximum absolute atomic E-state index is 4.69. The lowest BCUT2D eigenvalue weighted by molar-refractivity contribution is 0.665. The average Bonchev–Trinajstić information content (AvgIpc) is 2.47. The molecule has 0 saturated heterocycles. The van der Waals surface area contributed by atoms with Crippen LogP contribution in [0.15, 0.2) is 30.3 Å². The zero-order valence-electron chi connectivity index (χ0n) is 13.3. The molecule has 1 aromatic heterocycles. The molecule has 0 aliphatic carbocycles. The molecule has 1 N–H and O–H groups in total. The number of benzene rings is 1. The van der Waals surface area contributed by atoms with Crippen molar-refractivity contribution >= 4 is 0 Å². The molecule has 2 rings (SSSR count). The van der Waals surface area contributed by atoms with E-state index in [-0.39, 0.29) is 0 Å². The minimum absolute atomic E-state index is 0.802. The maximum atomic E-state index is 4.69. The van der Waals surface area contributed by atoms with Crippen LogP contribution in [0.3, 0.4) is 0 Å². The summed E-state index contributed by atoms with van der Waals surface area (Å²) in [6.07, 6.45) is 2.98. The van der Waals surface area contributed by atoms with Crippen molar-refractivity contribution in [3.05, 3.63) is 58.7 Å². The summed E-state index contributed by atoms with van der Waals surface area (Å²) in [5, 5.41) is 3.44.